The van der Waals surface area contributed by atoms with Gasteiger partial charge in [-0.15, -0.1) is 0 Å². The van der Waals surface area contributed by atoms with Crippen LogP contribution < -0.4 is 16.2 Å². The van der Waals surface area contributed by atoms with Gasteiger partial charge in [0.1, 0.15) is 11.2 Å². The van der Waals surface area contributed by atoms with Gasteiger partial charge in [0.25, 0.3) is 11.5 Å². The molecular formula is C24H30ClN3O4. The van der Waals surface area contributed by atoms with Crippen molar-refractivity contribution < 1.29 is 14.3 Å². The number of nitrogens with one attached hydrogen (secondary N) is 2. The molecule has 2 rings (SSSR count). The van der Waals surface area contributed by atoms with E-state index in [1.807, 2.05) is 45.1 Å². The van der Waals surface area contributed by atoms with Crippen LogP contribution in [-0.2, 0) is 11.3 Å². The molecule has 172 valence electrons. The van der Waals surface area contributed by atoms with Crippen molar-refractivity contribution in [3.05, 3.63) is 81.3 Å². The molecule has 0 radical (unpaired) electrons. The molecule has 0 aliphatic rings. The van der Waals surface area contributed by atoms with Gasteiger partial charge in [-0.05, 0) is 63.4 Å². The van der Waals surface area contributed by atoms with Crippen LogP contribution in [0, 0.1) is 0 Å². The quantitative estimate of drug-likeness (QED) is 0.435. The van der Waals surface area contributed by atoms with Crippen LogP contribution in [0.4, 0.5) is 4.79 Å². The predicted molar refractivity (Wildman–Crippen MR) is 126 cm³/mol. The molecular weight excluding hydrogens is 430 g/mol. The molecule has 8 heteroatoms. The maximum absolute atomic E-state index is 12.7. The van der Waals surface area contributed by atoms with Gasteiger partial charge in [-0.25, -0.2) is 4.79 Å². The molecule has 1 heterocycles. The normalized spacial score (nSPS) is 11.4. The first-order valence-electron chi connectivity index (χ1n) is 10.5. The second-order valence-corrected chi connectivity index (χ2v) is 8.65. The number of carbonyl (C=O) groups excluding carboxylic acids is 2. The zero-order valence-electron chi connectivity index (χ0n) is 18.7. The summed E-state index contributed by atoms with van der Waals surface area (Å²) in [6.45, 7) is 6.63. The van der Waals surface area contributed by atoms with E-state index in [1.54, 1.807) is 24.4 Å². The molecule has 7 nitrogen and oxygen atoms in total. The first-order valence-corrected chi connectivity index (χ1v) is 10.9. The molecule has 0 aliphatic heterocycles. The van der Waals surface area contributed by atoms with Gasteiger partial charge in [-0.2, -0.15) is 0 Å². The van der Waals surface area contributed by atoms with Crippen molar-refractivity contribution in [2.45, 2.75) is 45.8 Å². The van der Waals surface area contributed by atoms with Gasteiger partial charge >= 0.3 is 6.09 Å². The molecule has 2 amide bonds. The Balaban J connectivity index is 1.76. The van der Waals surface area contributed by atoms with Gasteiger partial charge in [0.05, 0.1) is 6.54 Å². The molecule has 0 saturated heterocycles. The number of pyridine rings is 1. The SMILES string of the molecule is CC(C)(C)OC(=O)NCC/C=C/CCNC(=O)c1cccn(Cc2cccc(Cl)c2)c1=O. The minimum absolute atomic E-state index is 0.0973. The Morgan fingerprint density at radius 1 is 1.06 bits per heavy atom. The van der Waals surface area contributed by atoms with E-state index in [0.717, 1.165) is 5.56 Å². The lowest BCUT2D eigenvalue weighted by molar-refractivity contribution is 0.0528. The third kappa shape index (κ3) is 8.98. The van der Waals surface area contributed by atoms with Crippen molar-refractivity contribution >= 4 is 23.6 Å². The van der Waals surface area contributed by atoms with Crippen molar-refractivity contribution in [3.8, 4) is 0 Å². The maximum atomic E-state index is 12.7. The number of rotatable bonds is 9. The van der Waals surface area contributed by atoms with E-state index in [9.17, 15) is 14.4 Å². The Morgan fingerprint density at radius 3 is 2.41 bits per heavy atom. The summed E-state index contributed by atoms with van der Waals surface area (Å²) >= 11 is 6.00. The monoisotopic (exact) mass is 459 g/mol. The molecule has 0 spiro atoms. The van der Waals surface area contributed by atoms with Crippen LogP contribution in [0.25, 0.3) is 0 Å². The fourth-order valence-corrected chi connectivity index (χ4v) is 3.05. The minimum Gasteiger partial charge on any atom is -0.444 e. The number of halogens is 1. The van der Waals surface area contributed by atoms with Crippen LogP contribution >= 0.6 is 11.6 Å². The molecule has 0 aliphatic carbocycles. The van der Waals surface area contributed by atoms with Crippen molar-refractivity contribution in [3.63, 3.8) is 0 Å². The zero-order chi connectivity index (χ0) is 23.6. The van der Waals surface area contributed by atoms with Crippen molar-refractivity contribution in [1.82, 2.24) is 15.2 Å². The van der Waals surface area contributed by atoms with Crippen LogP contribution in [0.5, 0.6) is 0 Å². The second-order valence-electron chi connectivity index (χ2n) is 8.22. The summed E-state index contributed by atoms with van der Waals surface area (Å²) in [5.41, 5.74) is 0.104. The fraction of sp³-hybridized carbons (Fsp3) is 0.375. The molecule has 1 aromatic heterocycles. The summed E-state index contributed by atoms with van der Waals surface area (Å²) in [5.74, 6) is -0.407. The Labute approximate surface area is 193 Å². The van der Waals surface area contributed by atoms with Gasteiger partial charge in [-0.1, -0.05) is 35.9 Å². The van der Waals surface area contributed by atoms with Crippen molar-refractivity contribution in [2.75, 3.05) is 13.1 Å². The standard InChI is InChI=1S/C24H30ClN3O4/c1-24(2,3)32-23(31)27-14-7-5-4-6-13-26-21(29)20-12-9-15-28(22(20)30)17-18-10-8-11-19(25)16-18/h4-5,8-12,15-16H,6-7,13-14,17H2,1-3H3,(H,26,29)(H,27,31)/b5-4+. The summed E-state index contributed by atoms with van der Waals surface area (Å²) in [5, 5.41) is 6.03. The highest BCUT2D eigenvalue weighted by molar-refractivity contribution is 6.30. The molecule has 0 bridgehead atoms. The maximum Gasteiger partial charge on any atom is 0.407 e. The third-order valence-corrected chi connectivity index (χ3v) is 4.48. The molecule has 0 saturated carbocycles. The second kappa shape index (κ2) is 12.1. The number of ether oxygens (including phenoxy) is 1. The first kappa shape index (κ1) is 25.2. The Morgan fingerprint density at radius 2 is 1.75 bits per heavy atom. The Bertz CT molecular complexity index is 1010. The number of aromatic nitrogens is 1. The van der Waals surface area contributed by atoms with Gasteiger partial charge in [0.15, 0.2) is 0 Å². The number of amides is 2. The van der Waals surface area contributed by atoms with Gasteiger partial charge in [-0.3, -0.25) is 9.59 Å². The number of nitrogens with zero attached hydrogens (tertiary/aromatic N) is 1. The smallest absolute Gasteiger partial charge is 0.407 e. The van der Waals surface area contributed by atoms with E-state index in [1.165, 1.54) is 10.6 Å². The largest absolute Gasteiger partial charge is 0.444 e. The summed E-state index contributed by atoms with van der Waals surface area (Å²) < 4.78 is 6.64. The molecule has 32 heavy (non-hydrogen) atoms. The minimum atomic E-state index is -0.518. The highest BCUT2D eigenvalue weighted by atomic mass is 35.5. The number of hydrogen-bond donors (Lipinski definition) is 2. The lowest BCUT2D eigenvalue weighted by atomic mass is 10.2. The number of benzene rings is 1. The fourth-order valence-electron chi connectivity index (χ4n) is 2.84. The van der Waals surface area contributed by atoms with E-state index in [-0.39, 0.29) is 11.1 Å². The zero-order valence-corrected chi connectivity index (χ0v) is 19.4. The number of carbonyl (C=O) groups is 2. The summed E-state index contributed by atoms with van der Waals surface area (Å²) in [7, 11) is 0. The Hall–Kier alpha value is -3.06. The van der Waals surface area contributed by atoms with Gasteiger partial charge < -0.3 is 19.9 Å². The van der Waals surface area contributed by atoms with Crippen LogP contribution in [0.1, 0.15) is 49.5 Å². The van der Waals surface area contributed by atoms with Crippen LogP contribution in [0.2, 0.25) is 5.02 Å². The van der Waals surface area contributed by atoms with E-state index in [0.29, 0.717) is 37.5 Å². The summed E-state index contributed by atoms with van der Waals surface area (Å²) in [6.07, 6.45) is 6.31. The van der Waals surface area contributed by atoms with Crippen LogP contribution in [0.3, 0.4) is 0 Å². The Kier molecular flexibility index (Phi) is 9.53. The van der Waals surface area contributed by atoms with Crippen LogP contribution in [-0.4, -0.2) is 35.3 Å². The lowest BCUT2D eigenvalue weighted by Crippen LogP contribution is -2.33. The molecule has 0 unspecified atom stereocenters. The molecule has 2 aromatic rings. The van der Waals surface area contributed by atoms with Gasteiger partial charge in [0.2, 0.25) is 0 Å². The molecule has 2 N–H and O–H groups in total. The third-order valence-electron chi connectivity index (χ3n) is 4.25. The highest BCUT2D eigenvalue weighted by Crippen LogP contribution is 2.11. The van der Waals surface area contributed by atoms with E-state index < -0.39 is 17.6 Å². The number of alkyl carbamates (subject to hydrolysis) is 1. The van der Waals surface area contributed by atoms with Crippen molar-refractivity contribution in [1.29, 1.82) is 0 Å². The van der Waals surface area contributed by atoms with E-state index in [2.05, 4.69) is 10.6 Å². The highest BCUT2D eigenvalue weighted by Gasteiger charge is 2.15. The average Bonchev–Trinajstić information content (AvgIpc) is 2.70. The first-order chi connectivity index (χ1) is 15.2. The summed E-state index contributed by atoms with van der Waals surface area (Å²) in [4.78, 5) is 36.6. The predicted octanol–water partition coefficient (Wildman–Crippen LogP) is 4.14. The number of hydrogen-bond acceptors (Lipinski definition) is 4. The van der Waals surface area contributed by atoms with Crippen LogP contribution in [0.15, 0.2) is 59.5 Å². The van der Waals surface area contributed by atoms with Gasteiger partial charge in [0, 0.05) is 24.3 Å². The van der Waals surface area contributed by atoms with E-state index >= 15 is 0 Å². The lowest BCUT2D eigenvalue weighted by Gasteiger charge is -2.19. The molecule has 1 aromatic carbocycles. The summed E-state index contributed by atoms with van der Waals surface area (Å²) in [6, 6.07) is 10.4. The molecule has 0 fully saturated rings. The topological polar surface area (TPSA) is 89.4 Å². The van der Waals surface area contributed by atoms with E-state index in [4.69, 9.17) is 16.3 Å². The van der Waals surface area contributed by atoms with Crippen molar-refractivity contribution in [2.24, 2.45) is 0 Å². The molecule has 0 atom stereocenters. The average molecular weight is 460 g/mol.